The quantitative estimate of drug-likeness (QED) is 0.270. The number of ketones is 1. The van der Waals surface area contributed by atoms with Gasteiger partial charge in [-0.2, -0.15) is 4.98 Å². The Morgan fingerprint density at radius 2 is 1.77 bits per heavy atom. The van der Waals surface area contributed by atoms with E-state index >= 15 is 0 Å². The summed E-state index contributed by atoms with van der Waals surface area (Å²) in [6.07, 6.45) is 0. The van der Waals surface area contributed by atoms with Crippen LogP contribution in [0.3, 0.4) is 0 Å². The molecule has 0 atom stereocenters. The number of carbonyl (C=O) groups is 1. The SMILES string of the molecule is Cc1ccc(S(=O)(=O)c2nc(-c3cccs3)oc2SCC(=O)c2ccccc2)cc1. The Morgan fingerprint density at radius 3 is 2.43 bits per heavy atom. The third kappa shape index (κ3) is 4.26. The number of hydrogen-bond donors (Lipinski definition) is 0. The summed E-state index contributed by atoms with van der Waals surface area (Å²) in [4.78, 5) is 17.6. The van der Waals surface area contributed by atoms with Crippen LogP contribution in [0.15, 0.2) is 91.5 Å². The number of rotatable bonds is 7. The zero-order valence-corrected chi connectivity index (χ0v) is 18.4. The molecule has 152 valence electrons. The van der Waals surface area contributed by atoms with Crippen molar-refractivity contribution in [3.05, 3.63) is 83.2 Å². The van der Waals surface area contributed by atoms with Gasteiger partial charge in [-0.25, -0.2) is 8.42 Å². The van der Waals surface area contributed by atoms with Crippen molar-refractivity contribution < 1.29 is 17.6 Å². The Labute approximate surface area is 182 Å². The molecule has 4 rings (SSSR count). The summed E-state index contributed by atoms with van der Waals surface area (Å²) in [6, 6.07) is 19.1. The molecule has 0 unspecified atom stereocenters. The highest BCUT2D eigenvalue weighted by Gasteiger charge is 2.29. The lowest BCUT2D eigenvalue weighted by Crippen LogP contribution is -2.06. The maximum absolute atomic E-state index is 13.2. The minimum absolute atomic E-state index is 0.0412. The summed E-state index contributed by atoms with van der Waals surface area (Å²) in [5.41, 5.74) is 1.52. The van der Waals surface area contributed by atoms with Gasteiger partial charge in [0.15, 0.2) is 5.78 Å². The first-order valence-electron chi connectivity index (χ1n) is 9.02. The average molecular weight is 456 g/mol. The van der Waals surface area contributed by atoms with Crippen molar-refractivity contribution in [1.29, 1.82) is 0 Å². The molecule has 0 amide bonds. The van der Waals surface area contributed by atoms with Gasteiger partial charge in [0.05, 0.1) is 15.5 Å². The van der Waals surface area contributed by atoms with Crippen LogP contribution in [0.5, 0.6) is 0 Å². The fourth-order valence-corrected chi connectivity index (χ4v) is 5.80. The van der Waals surface area contributed by atoms with Gasteiger partial charge >= 0.3 is 0 Å². The molecule has 0 spiro atoms. The highest BCUT2D eigenvalue weighted by Crippen LogP contribution is 2.36. The molecule has 0 bridgehead atoms. The van der Waals surface area contributed by atoms with Crippen LogP contribution in [0.25, 0.3) is 10.8 Å². The molecular formula is C22H17NO4S3. The Hall–Kier alpha value is -2.68. The van der Waals surface area contributed by atoms with Gasteiger partial charge in [0.25, 0.3) is 0 Å². The van der Waals surface area contributed by atoms with Crippen molar-refractivity contribution in [2.24, 2.45) is 0 Å². The number of sulfone groups is 1. The molecule has 0 radical (unpaired) electrons. The molecular weight excluding hydrogens is 438 g/mol. The molecule has 5 nitrogen and oxygen atoms in total. The highest BCUT2D eigenvalue weighted by molar-refractivity contribution is 8.00. The number of oxazole rings is 1. The molecule has 0 aliphatic heterocycles. The monoisotopic (exact) mass is 455 g/mol. The zero-order valence-electron chi connectivity index (χ0n) is 15.9. The average Bonchev–Trinajstić information content (AvgIpc) is 3.43. The van der Waals surface area contributed by atoms with Crippen LogP contribution in [0.2, 0.25) is 0 Å². The van der Waals surface area contributed by atoms with Gasteiger partial charge in [0.2, 0.25) is 25.8 Å². The van der Waals surface area contributed by atoms with Crippen LogP contribution in [0.4, 0.5) is 0 Å². The van der Waals surface area contributed by atoms with E-state index in [9.17, 15) is 13.2 Å². The molecule has 0 aliphatic carbocycles. The molecule has 8 heteroatoms. The van der Waals surface area contributed by atoms with Crippen molar-refractivity contribution in [3.8, 4) is 10.8 Å². The third-order valence-electron chi connectivity index (χ3n) is 4.31. The lowest BCUT2D eigenvalue weighted by atomic mass is 10.2. The van der Waals surface area contributed by atoms with Crippen LogP contribution in [0.1, 0.15) is 15.9 Å². The number of thiophene rings is 1. The Balaban J connectivity index is 1.70. The van der Waals surface area contributed by atoms with Gasteiger partial charge in [-0.3, -0.25) is 4.79 Å². The van der Waals surface area contributed by atoms with Gasteiger partial charge in [-0.1, -0.05) is 65.9 Å². The summed E-state index contributed by atoms with van der Waals surface area (Å²) in [6.45, 7) is 1.89. The van der Waals surface area contributed by atoms with E-state index in [0.29, 0.717) is 5.56 Å². The summed E-state index contributed by atoms with van der Waals surface area (Å²) < 4.78 is 32.3. The van der Waals surface area contributed by atoms with Crippen molar-refractivity contribution >= 4 is 38.7 Å². The van der Waals surface area contributed by atoms with Gasteiger partial charge in [0.1, 0.15) is 0 Å². The standard InChI is InChI=1S/C22H17NO4S3/c1-15-9-11-17(12-10-15)30(25,26)21-22(27-20(23-21)19-8-5-13-28-19)29-14-18(24)16-6-3-2-4-7-16/h2-13H,14H2,1H3. The fourth-order valence-electron chi connectivity index (χ4n) is 2.73. The fraction of sp³-hybridized carbons (Fsp3) is 0.0909. The van der Waals surface area contributed by atoms with Crippen LogP contribution in [-0.4, -0.2) is 24.9 Å². The lowest BCUT2D eigenvalue weighted by Gasteiger charge is -2.04. The number of aryl methyl sites for hydroxylation is 1. The molecule has 0 saturated carbocycles. The lowest BCUT2D eigenvalue weighted by molar-refractivity contribution is 0.102. The number of Topliss-reactive ketones (excluding diaryl/α,β-unsaturated/α-hetero) is 1. The second-order valence-electron chi connectivity index (χ2n) is 6.48. The molecule has 0 fully saturated rings. The van der Waals surface area contributed by atoms with Gasteiger partial charge in [-0.15, -0.1) is 11.3 Å². The molecule has 4 aromatic rings. The smallest absolute Gasteiger partial charge is 0.238 e. The van der Waals surface area contributed by atoms with Crippen molar-refractivity contribution in [2.75, 3.05) is 5.75 Å². The van der Waals surface area contributed by atoms with Crippen molar-refractivity contribution in [2.45, 2.75) is 21.9 Å². The van der Waals surface area contributed by atoms with E-state index in [1.807, 2.05) is 30.5 Å². The van der Waals surface area contributed by atoms with E-state index in [1.165, 1.54) is 11.3 Å². The molecule has 0 N–H and O–H groups in total. The second kappa shape index (κ2) is 8.59. The molecule has 0 saturated heterocycles. The number of nitrogens with zero attached hydrogens (tertiary/aromatic N) is 1. The minimum Gasteiger partial charge on any atom is -0.428 e. The Kier molecular flexibility index (Phi) is 5.90. The maximum atomic E-state index is 13.2. The van der Waals surface area contributed by atoms with E-state index in [-0.39, 0.29) is 32.4 Å². The second-order valence-corrected chi connectivity index (χ2v) is 10.2. The number of carbonyl (C=O) groups excluding carboxylic acids is 1. The van der Waals surface area contributed by atoms with Crippen LogP contribution in [-0.2, 0) is 9.84 Å². The molecule has 2 aromatic carbocycles. The maximum Gasteiger partial charge on any atom is 0.238 e. The van der Waals surface area contributed by atoms with Crippen LogP contribution in [0, 0.1) is 6.92 Å². The minimum atomic E-state index is -3.90. The first-order chi connectivity index (χ1) is 14.4. The molecule has 0 aliphatic rings. The topological polar surface area (TPSA) is 77.2 Å². The van der Waals surface area contributed by atoms with Crippen molar-refractivity contribution in [3.63, 3.8) is 0 Å². The van der Waals surface area contributed by atoms with Crippen LogP contribution < -0.4 is 0 Å². The number of benzene rings is 2. The normalized spacial score (nSPS) is 11.5. The number of aromatic nitrogens is 1. The van der Waals surface area contributed by atoms with E-state index in [4.69, 9.17) is 4.42 Å². The molecule has 30 heavy (non-hydrogen) atoms. The predicted molar refractivity (Wildman–Crippen MR) is 118 cm³/mol. The highest BCUT2D eigenvalue weighted by atomic mass is 32.2. The summed E-state index contributed by atoms with van der Waals surface area (Å²) in [5, 5.41) is 1.81. The first-order valence-corrected chi connectivity index (χ1v) is 12.4. The van der Waals surface area contributed by atoms with Gasteiger partial charge < -0.3 is 4.42 Å². The van der Waals surface area contributed by atoms with E-state index in [1.54, 1.807) is 48.5 Å². The van der Waals surface area contributed by atoms with E-state index in [2.05, 4.69) is 4.98 Å². The van der Waals surface area contributed by atoms with E-state index < -0.39 is 9.84 Å². The summed E-state index contributed by atoms with van der Waals surface area (Å²) in [7, 11) is -3.90. The van der Waals surface area contributed by atoms with Gasteiger partial charge in [0, 0.05) is 5.56 Å². The van der Waals surface area contributed by atoms with Crippen LogP contribution >= 0.6 is 23.1 Å². The molecule has 2 heterocycles. The summed E-state index contributed by atoms with van der Waals surface area (Å²) in [5.74, 6) is 0.151. The predicted octanol–water partition coefficient (Wildman–Crippen LogP) is 5.52. The third-order valence-corrected chi connectivity index (χ3v) is 7.93. The largest absolute Gasteiger partial charge is 0.428 e. The first kappa shape index (κ1) is 20.6. The number of hydrogen-bond acceptors (Lipinski definition) is 7. The van der Waals surface area contributed by atoms with Crippen molar-refractivity contribution in [1.82, 2.24) is 4.98 Å². The van der Waals surface area contributed by atoms with Gasteiger partial charge in [-0.05, 0) is 30.5 Å². The zero-order chi connectivity index (χ0) is 21.1. The number of thioether (sulfide) groups is 1. The Morgan fingerprint density at radius 1 is 1.03 bits per heavy atom. The molecule has 2 aromatic heterocycles. The van der Waals surface area contributed by atoms with E-state index in [0.717, 1.165) is 22.2 Å². The Bertz CT molecular complexity index is 1260. The summed E-state index contributed by atoms with van der Waals surface area (Å²) >= 11 is 2.44.